The molecule has 2 aliphatic rings. The van der Waals surface area contributed by atoms with Crippen molar-refractivity contribution in [2.75, 3.05) is 11.4 Å². The van der Waals surface area contributed by atoms with Crippen molar-refractivity contribution in [1.82, 2.24) is 4.90 Å². The summed E-state index contributed by atoms with van der Waals surface area (Å²) in [4.78, 5) is 46.4. The Kier molecular flexibility index (Phi) is 6.95. The smallest absolute Gasteiger partial charge is 0.296 e. The number of β-amino-alcohol motifs (C(OH)–C–C–N with tert-alkyl or cyclic N) is 1. The number of aliphatic hydroxyl groups excluding tert-OH is 2. The lowest BCUT2D eigenvalue weighted by Gasteiger charge is -2.32. The number of hydrogen-bond donors (Lipinski definition) is 2. The molecule has 0 aliphatic carbocycles. The summed E-state index contributed by atoms with van der Waals surface area (Å²) < 4.78 is 0.747. The van der Waals surface area contributed by atoms with Gasteiger partial charge in [-0.2, -0.15) is 0 Å². The Bertz CT molecular complexity index is 1480. The zero-order chi connectivity index (χ0) is 27.0. The molecule has 2 amide bonds. The van der Waals surface area contributed by atoms with Gasteiger partial charge in [0, 0.05) is 16.6 Å². The molecular weight excluding hydrogens is 570 g/mol. The van der Waals surface area contributed by atoms with Gasteiger partial charge in [0.15, 0.2) is 5.17 Å². The number of amides is 2. The first-order valence-corrected chi connectivity index (χ1v) is 13.3. The van der Waals surface area contributed by atoms with Crippen LogP contribution in [0.4, 0.5) is 11.4 Å². The quantitative estimate of drug-likeness (QED) is 0.253. The first-order valence-electron chi connectivity index (χ1n) is 11.7. The summed E-state index contributed by atoms with van der Waals surface area (Å²) in [6, 6.07) is 24.2. The Morgan fingerprint density at radius 1 is 0.974 bits per heavy atom. The molecule has 2 heterocycles. The monoisotopic (exact) mass is 591 g/mol. The largest absolute Gasteiger partial charge is 0.507 e. The molecule has 2 saturated heterocycles. The fourth-order valence-electron chi connectivity index (χ4n) is 4.44. The number of carbonyl (C=O) groups excluding carboxylic acids is 3. The summed E-state index contributed by atoms with van der Waals surface area (Å²) >= 11 is 4.23. The highest BCUT2D eigenvalue weighted by molar-refractivity contribution is 9.10. The van der Waals surface area contributed by atoms with Crippen LogP contribution in [0.2, 0.25) is 0 Å². The van der Waals surface area contributed by atoms with E-state index in [0.29, 0.717) is 11.4 Å². The van der Waals surface area contributed by atoms with Crippen molar-refractivity contribution in [2.45, 2.75) is 17.9 Å². The minimum Gasteiger partial charge on any atom is -0.507 e. The minimum absolute atomic E-state index is 0.214. The molecule has 0 saturated carbocycles. The number of anilines is 1. The van der Waals surface area contributed by atoms with Crippen LogP contribution in [0.25, 0.3) is 5.76 Å². The van der Waals surface area contributed by atoms with Crippen LogP contribution in [0.3, 0.4) is 0 Å². The molecule has 0 bridgehead atoms. The number of ketones is 1. The Hall–Kier alpha value is -3.73. The summed E-state index contributed by atoms with van der Waals surface area (Å²) in [5, 5.41) is 21.9. The number of carbonyl (C=O) groups is 3. The second-order valence-corrected chi connectivity index (χ2v) is 10.9. The van der Waals surface area contributed by atoms with Crippen LogP contribution >= 0.6 is 27.7 Å². The number of benzene rings is 3. The molecule has 2 fully saturated rings. The standard InChI is InChI=1S/C28H22BrN3O5S/c1-17(33)16-31-25(36)24(35)22(23(34)18-12-14-19(29)15-13-18)28(31)26(37)32(21-10-6-3-7-11-21)27(38-28)30-20-8-4-2-5-9-20/h2-15,17,33-34H,16H2,1H3/b23-22-,30-27?. The number of likely N-dealkylation sites (tertiary alicyclic amines) is 1. The molecule has 3 aromatic rings. The average molecular weight is 592 g/mol. The number of Topliss-reactive ketones (excluding diaryl/α,β-unsaturated/α-hetero) is 1. The number of para-hydroxylation sites is 2. The molecule has 2 unspecified atom stereocenters. The summed E-state index contributed by atoms with van der Waals surface area (Å²) in [5.74, 6) is -3.14. The summed E-state index contributed by atoms with van der Waals surface area (Å²) in [6.45, 7) is 1.15. The molecular formula is C28H22BrN3O5S. The van der Waals surface area contributed by atoms with E-state index >= 15 is 0 Å². The molecule has 8 nitrogen and oxygen atoms in total. The normalized spacial score (nSPS) is 22.6. The number of aliphatic imine (C=N–C) groups is 1. The molecule has 38 heavy (non-hydrogen) atoms. The number of nitrogens with zero attached hydrogens (tertiary/aromatic N) is 3. The zero-order valence-electron chi connectivity index (χ0n) is 20.1. The molecule has 2 aliphatic heterocycles. The third kappa shape index (κ3) is 4.34. The zero-order valence-corrected chi connectivity index (χ0v) is 22.5. The Labute approximate surface area is 231 Å². The second kappa shape index (κ2) is 10.2. The first kappa shape index (κ1) is 25.9. The highest BCUT2D eigenvalue weighted by Crippen LogP contribution is 2.52. The molecule has 1 spiro atoms. The maximum absolute atomic E-state index is 14.5. The SMILES string of the molecule is CC(O)CN1C(=O)C(=O)/C(=C(/O)c2ccc(Br)cc2)C12SC(=Nc1ccccc1)N(c1ccccc1)C2=O. The van der Waals surface area contributed by atoms with E-state index in [4.69, 9.17) is 0 Å². The van der Waals surface area contributed by atoms with Crippen molar-refractivity contribution in [2.24, 2.45) is 4.99 Å². The van der Waals surface area contributed by atoms with E-state index < -0.39 is 34.3 Å². The number of amidine groups is 1. The van der Waals surface area contributed by atoms with Crippen LogP contribution in [-0.4, -0.2) is 55.4 Å². The molecule has 192 valence electrons. The predicted molar refractivity (Wildman–Crippen MR) is 150 cm³/mol. The lowest BCUT2D eigenvalue weighted by atomic mass is 9.99. The minimum atomic E-state index is -1.98. The van der Waals surface area contributed by atoms with Crippen molar-refractivity contribution in [1.29, 1.82) is 0 Å². The van der Waals surface area contributed by atoms with E-state index in [9.17, 15) is 24.6 Å². The number of rotatable bonds is 5. The van der Waals surface area contributed by atoms with Gasteiger partial charge in [-0.1, -0.05) is 64.5 Å². The molecule has 2 atom stereocenters. The lowest BCUT2D eigenvalue weighted by Crippen LogP contribution is -2.53. The van der Waals surface area contributed by atoms with Gasteiger partial charge in [-0.25, -0.2) is 4.99 Å². The van der Waals surface area contributed by atoms with Crippen molar-refractivity contribution in [3.8, 4) is 0 Å². The van der Waals surface area contributed by atoms with Gasteiger partial charge in [-0.15, -0.1) is 0 Å². The molecule has 5 rings (SSSR count). The van der Waals surface area contributed by atoms with E-state index in [2.05, 4.69) is 20.9 Å². The maximum Gasteiger partial charge on any atom is 0.296 e. The van der Waals surface area contributed by atoms with Gasteiger partial charge in [-0.3, -0.25) is 19.3 Å². The predicted octanol–water partition coefficient (Wildman–Crippen LogP) is 4.67. The van der Waals surface area contributed by atoms with Crippen LogP contribution in [0.5, 0.6) is 0 Å². The Morgan fingerprint density at radius 2 is 1.58 bits per heavy atom. The summed E-state index contributed by atoms with van der Waals surface area (Å²) in [7, 11) is 0. The van der Waals surface area contributed by atoms with E-state index in [-0.39, 0.29) is 22.8 Å². The third-order valence-electron chi connectivity index (χ3n) is 6.11. The van der Waals surface area contributed by atoms with Gasteiger partial charge in [0.25, 0.3) is 17.6 Å². The van der Waals surface area contributed by atoms with E-state index in [1.807, 2.05) is 6.07 Å². The van der Waals surface area contributed by atoms with Crippen LogP contribution < -0.4 is 4.90 Å². The maximum atomic E-state index is 14.5. The Balaban J connectivity index is 1.78. The highest BCUT2D eigenvalue weighted by Gasteiger charge is 2.68. The summed E-state index contributed by atoms with van der Waals surface area (Å²) in [5.41, 5.74) is 0.930. The molecule has 2 N–H and O–H groups in total. The van der Waals surface area contributed by atoms with Crippen LogP contribution in [-0.2, 0) is 14.4 Å². The van der Waals surface area contributed by atoms with Crippen LogP contribution in [0, 0.1) is 0 Å². The van der Waals surface area contributed by atoms with Crippen LogP contribution in [0.15, 0.2) is 100.0 Å². The topological polar surface area (TPSA) is 111 Å². The fraction of sp³-hybridized carbons (Fsp3) is 0.143. The fourth-order valence-corrected chi connectivity index (χ4v) is 6.13. The highest BCUT2D eigenvalue weighted by atomic mass is 79.9. The first-order chi connectivity index (χ1) is 18.2. The lowest BCUT2D eigenvalue weighted by molar-refractivity contribution is -0.142. The van der Waals surface area contributed by atoms with E-state index in [1.54, 1.807) is 78.9 Å². The molecule has 10 heteroatoms. The molecule has 3 aromatic carbocycles. The van der Waals surface area contributed by atoms with Gasteiger partial charge >= 0.3 is 0 Å². The van der Waals surface area contributed by atoms with Gasteiger partial charge < -0.3 is 15.1 Å². The summed E-state index contributed by atoms with van der Waals surface area (Å²) in [6.07, 6.45) is -1.05. The van der Waals surface area contributed by atoms with Gasteiger partial charge in [-0.05, 0) is 55.1 Å². The number of halogens is 1. The second-order valence-electron chi connectivity index (χ2n) is 8.78. The van der Waals surface area contributed by atoms with Gasteiger partial charge in [0.1, 0.15) is 5.76 Å². The number of hydrogen-bond acceptors (Lipinski definition) is 7. The van der Waals surface area contributed by atoms with E-state index in [0.717, 1.165) is 21.1 Å². The van der Waals surface area contributed by atoms with Gasteiger partial charge in [0.2, 0.25) is 4.87 Å². The van der Waals surface area contributed by atoms with Gasteiger partial charge in [0.05, 0.1) is 23.1 Å². The molecule has 0 aromatic heterocycles. The Morgan fingerprint density at radius 3 is 2.18 bits per heavy atom. The van der Waals surface area contributed by atoms with Crippen molar-refractivity contribution in [3.05, 3.63) is 101 Å². The number of aliphatic hydroxyl groups is 2. The van der Waals surface area contributed by atoms with Crippen molar-refractivity contribution in [3.63, 3.8) is 0 Å². The van der Waals surface area contributed by atoms with E-state index in [1.165, 1.54) is 11.8 Å². The number of thioether (sulfide) groups is 1. The average Bonchev–Trinajstić information content (AvgIpc) is 3.30. The third-order valence-corrected chi connectivity index (χ3v) is 7.98. The van der Waals surface area contributed by atoms with Crippen molar-refractivity contribution < 1.29 is 24.6 Å². The molecule has 0 radical (unpaired) electrons. The van der Waals surface area contributed by atoms with Crippen LogP contribution in [0.1, 0.15) is 12.5 Å². The van der Waals surface area contributed by atoms with Crippen molar-refractivity contribution >= 4 is 67.6 Å².